The van der Waals surface area contributed by atoms with Crippen molar-refractivity contribution >= 4 is 39.3 Å². The first kappa shape index (κ1) is 18.7. The van der Waals surface area contributed by atoms with Crippen LogP contribution in [0.15, 0.2) is 46.9 Å². The Morgan fingerprint density at radius 2 is 1.76 bits per heavy atom. The normalized spacial score (nSPS) is 10.0. The van der Waals surface area contributed by atoms with Crippen molar-refractivity contribution in [1.29, 1.82) is 0 Å². The molecule has 0 aliphatic heterocycles. The summed E-state index contributed by atoms with van der Waals surface area (Å²) >= 11 is 3.25. The number of methoxy groups -OCH3 is 1. The number of esters is 1. The number of nitrogens with one attached hydrogen (secondary N) is 1. The summed E-state index contributed by atoms with van der Waals surface area (Å²) in [6.07, 6.45) is 0. The summed E-state index contributed by atoms with van der Waals surface area (Å²) < 4.78 is 10.6. The van der Waals surface area contributed by atoms with Crippen LogP contribution >= 0.6 is 15.9 Å². The molecule has 6 nitrogen and oxygen atoms in total. The van der Waals surface area contributed by atoms with Crippen LogP contribution in [0.25, 0.3) is 0 Å². The summed E-state index contributed by atoms with van der Waals surface area (Å²) in [4.78, 5) is 35.2. The van der Waals surface area contributed by atoms with Gasteiger partial charge in [-0.25, -0.2) is 4.79 Å². The van der Waals surface area contributed by atoms with Crippen molar-refractivity contribution in [3.63, 3.8) is 0 Å². The van der Waals surface area contributed by atoms with Crippen LogP contribution in [-0.2, 0) is 9.53 Å². The molecule has 7 heteroatoms. The summed E-state index contributed by atoms with van der Waals surface area (Å²) in [5.74, 6) is -0.684. The number of rotatable bonds is 6. The number of amides is 1. The minimum Gasteiger partial charge on any atom is -0.497 e. The minimum absolute atomic E-state index is 0.0596. The van der Waals surface area contributed by atoms with E-state index < -0.39 is 18.5 Å². The average Bonchev–Trinajstić information content (AvgIpc) is 2.60. The van der Waals surface area contributed by atoms with Crippen molar-refractivity contribution in [3.8, 4) is 5.75 Å². The Morgan fingerprint density at radius 1 is 1.08 bits per heavy atom. The van der Waals surface area contributed by atoms with Gasteiger partial charge >= 0.3 is 5.97 Å². The molecule has 0 aliphatic rings. The van der Waals surface area contributed by atoms with Gasteiger partial charge in [-0.15, -0.1) is 0 Å². The molecule has 130 valence electrons. The van der Waals surface area contributed by atoms with Crippen LogP contribution in [-0.4, -0.2) is 31.4 Å². The van der Waals surface area contributed by atoms with Gasteiger partial charge < -0.3 is 14.8 Å². The highest BCUT2D eigenvalue weighted by atomic mass is 79.9. The van der Waals surface area contributed by atoms with E-state index in [-0.39, 0.29) is 11.3 Å². The molecule has 0 atom stereocenters. The lowest BCUT2D eigenvalue weighted by atomic mass is 10.1. The van der Waals surface area contributed by atoms with Crippen LogP contribution < -0.4 is 10.1 Å². The number of Topliss-reactive ketones (excluding diaryl/α,β-unsaturated/α-hetero) is 1. The van der Waals surface area contributed by atoms with Gasteiger partial charge in [-0.2, -0.15) is 0 Å². The van der Waals surface area contributed by atoms with Crippen LogP contribution in [0.2, 0.25) is 0 Å². The standard InChI is InChI=1S/C18H16BrNO5/c1-11(21)12-3-5-13(6-4-12)20-17(22)10-25-18(23)15-9-14(24-2)7-8-16(15)19/h3-9H,10H2,1-2H3,(H,20,22). The van der Waals surface area contributed by atoms with E-state index in [0.29, 0.717) is 21.5 Å². The summed E-state index contributed by atoms with van der Waals surface area (Å²) in [5, 5.41) is 2.59. The molecule has 0 bridgehead atoms. The van der Waals surface area contributed by atoms with E-state index in [1.165, 1.54) is 20.1 Å². The Labute approximate surface area is 153 Å². The van der Waals surface area contributed by atoms with Crippen molar-refractivity contribution in [1.82, 2.24) is 0 Å². The number of carbonyl (C=O) groups is 3. The maximum absolute atomic E-state index is 12.1. The Hall–Kier alpha value is -2.67. The molecule has 0 aliphatic carbocycles. The molecule has 0 heterocycles. The molecule has 1 amide bonds. The maximum Gasteiger partial charge on any atom is 0.339 e. The van der Waals surface area contributed by atoms with E-state index in [1.807, 2.05) is 0 Å². The van der Waals surface area contributed by atoms with Gasteiger partial charge in [0.15, 0.2) is 12.4 Å². The Bertz CT molecular complexity index is 802. The summed E-state index contributed by atoms with van der Waals surface area (Å²) in [6.45, 7) is 1.03. The van der Waals surface area contributed by atoms with Gasteiger partial charge in [0.05, 0.1) is 12.7 Å². The van der Waals surface area contributed by atoms with Crippen LogP contribution in [0.4, 0.5) is 5.69 Å². The van der Waals surface area contributed by atoms with Gasteiger partial charge in [0, 0.05) is 15.7 Å². The monoisotopic (exact) mass is 405 g/mol. The fourth-order valence-corrected chi connectivity index (χ4v) is 2.39. The summed E-state index contributed by atoms with van der Waals surface area (Å²) in [7, 11) is 1.49. The van der Waals surface area contributed by atoms with Crippen molar-refractivity contribution in [2.24, 2.45) is 0 Å². The van der Waals surface area contributed by atoms with Gasteiger partial charge in [-0.1, -0.05) is 0 Å². The molecule has 0 saturated carbocycles. The first-order valence-corrected chi connectivity index (χ1v) is 8.11. The van der Waals surface area contributed by atoms with E-state index in [0.717, 1.165) is 0 Å². The molecule has 0 saturated heterocycles. The highest BCUT2D eigenvalue weighted by Gasteiger charge is 2.15. The van der Waals surface area contributed by atoms with E-state index >= 15 is 0 Å². The van der Waals surface area contributed by atoms with E-state index in [9.17, 15) is 14.4 Å². The predicted octanol–water partition coefficient (Wildman–Crippen LogP) is 3.46. The van der Waals surface area contributed by atoms with Gasteiger partial charge in [-0.3, -0.25) is 9.59 Å². The molecule has 0 unspecified atom stereocenters. The number of ketones is 1. The van der Waals surface area contributed by atoms with E-state index in [1.54, 1.807) is 36.4 Å². The number of carbonyl (C=O) groups excluding carboxylic acids is 3. The van der Waals surface area contributed by atoms with Gasteiger partial charge in [0.1, 0.15) is 5.75 Å². The predicted molar refractivity (Wildman–Crippen MR) is 96.1 cm³/mol. The number of hydrogen-bond donors (Lipinski definition) is 1. The number of hydrogen-bond acceptors (Lipinski definition) is 5. The van der Waals surface area contributed by atoms with Crippen molar-refractivity contribution in [2.75, 3.05) is 19.0 Å². The molecule has 2 aromatic rings. The second kappa shape index (κ2) is 8.43. The highest BCUT2D eigenvalue weighted by Crippen LogP contribution is 2.23. The molecular formula is C18H16BrNO5. The smallest absolute Gasteiger partial charge is 0.339 e. The Morgan fingerprint density at radius 3 is 2.36 bits per heavy atom. The zero-order valence-electron chi connectivity index (χ0n) is 13.7. The topological polar surface area (TPSA) is 81.7 Å². The molecule has 0 aromatic heterocycles. The lowest BCUT2D eigenvalue weighted by Crippen LogP contribution is -2.21. The minimum atomic E-state index is -0.646. The van der Waals surface area contributed by atoms with Gasteiger partial charge in [-0.05, 0) is 65.3 Å². The summed E-state index contributed by atoms with van der Waals surface area (Å²) in [6, 6.07) is 11.3. The lowest BCUT2D eigenvalue weighted by molar-refractivity contribution is -0.119. The average molecular weight is 406 g/mol. The van der Waals surface area contributed by atoms with Gasteiger partial charge in [0.25, 0.3) is 5.91 Å². The maximum atomic E-state index is 12.1. The van der Waals surface area contributed by atoms with Crippen LogP contribution in [0.1, 0.15) is 27.6 Å². The largest absolute Gasteiger partial charge is 0.497 e. The Kier molecular flexibility index (Phi) is 6.30. The fourth-order valence-electron chi connectivity index (χ4n) is 1.98. The molecule has 25 heavy (non-hydrogen) atoms. The summed E-state index contributed by atoms with van der Waals surface area (Å²) in [5.41, 5.74) is 1.32. The quantitative estimate of drug-likeness (QED) is 0.587. The third kappa shape index (κ3) is 5.15. The molecular weight excluding hydrogens is 390 g/mol. The van der Waals surface area contributed by atoms with Crippen LogP contribution in [0.5, 0.6) is 5.75 Å². The zero-order valence-corrected chi connectivity index (χ0v) is 15.3. The van der Waals surface area contributed by atoms with Crippen LogP contribution in [0.3, 0.4) is 0 Å². The van der Waals surface area contributed by atoms with Crippen molar-refractivity contribution < 1.29 is 23.9 Å². The molecule has 2 aromatic carbocycles. The molecule has 1 N–H and O–H groups in total. The number of halogens is 1. The number of ether oxygens (including phenoxy) is 2. The third-order valence-electron chi connectivity index (χ3n) is 3.30. The molecule has 0 radical (unpaired) electrons. The van der Waals surface area contributed by atoms with Crippen molar-refractivity contribution in [3.05, 3.63) is 58.1 Å². The number of benzene rings is 2. The SMILES string of the molecule is COc1ccc(Br)c(C(=O)OCC(=O)Nc2ccc(C(C)=O)cc2)c1. The zero-order chi connectivity index (χ0) is 18.4. The first-order valence-electron chi connectivity index (χ1n) is 7.32. The fraction of sp³-hybridized carbons (Fsp3) is 0.167. The lowest BCUT2D eigenvalue weighted by Gasteiger charge is -2.09. The third-order valence-corrected chi connectivity index (χ3v) is 3.99. The first-order chi connectivity index (χ1) is 11.9. The highest BCUT2D eigenvalue weighted by molar-refractivity contribution is 9.10. The van der Waals surface area contributed by atoms with Crippen molar-refractivity contribution in [2.45, 2.75) is 6.92 Å². The molecule has 2 rings (SSSR count). The molecule has 0 spiro atoms. The van der Waals surface area contributed by atoms with E-state index in [2.05, 4.69) is 21.2 Å². The Balaban J connectivity index is 1.93. The number of anilines is 1. The van der Waals surface area contributed by atoms with Gasteiger partial charge in [0.2, 0.25) is 0 Å². The van der Waals surface area contributed by atoms with E-state index in [4.69, 9.17) is 9.47 Å². The second-order valence-corrected chi connectivity index (χ2v) is 5.96. The van der Waals surface area contributed by atoms with Crippen LogP contribution in [0, 0.1) is 0 Å². The molecule has 0 fully saturated rings. The second-order valence-electron chi connectivity index (χ2n) is 5.10.